The number of allylic oxidation sites excluding steroid dienone is 1. The number of benzene rings is 1. The topological polar surface area (TPSA) is 34.0 Å². The molecule has 0 amide bonds. The van der Waals surface area contributed by atoms with Crippen molar-refractivity contribution in [3.63, 3.8) is 0 Å². The SMILES string of the molecule is Cc1cccc(C)c1-n1nncc1C(C1=CCC(C(C)C)CC1)N1CCCC1. The molecule has 2 heterocycles. The lowest BCUT2D eigenvalue weighted by atomic mass is 9.80. The van der Waals surface area contributed by atoms with E-state index >= 15 is 0 Å². The summed E-state index contributed by atoms with van der Waals surface area (Å²) in [7, 11) is 0. The third-order valence-corrected chi connectivity index (χ3v) is 6.79. The van der Waals surface area contributed by atoms with Gasteiger partial charge in [-0.05, 0) is 82.0 Å². The highest BCUT2D eigenvalue weighted by atomic mass is 15.4. The largest absolute Gasteiger partial charge is 0.291 e. The summed E-state index contributed by atoms with van der Waals surface area (Å²) in [5.74, 6) is 1.59. The minimum atomic E-state index is 0.310. The van der Waals surface area contributed by atoms with Gasteiger partial charge in [-0.25, -0.2) is 4.68 Å². The van der Waals surface area contributed by atoms with Crippen molar-refractivity contribution >= 4 is 0 Å². The van der Waals surface area contributed by atoms with Crippen LogP contribution in [0.2, 0.25) is 0 Å². The number of nitrogens with zero attached hydrogens (tertiary/aromatic N) is 4. The second kappa shape index (κ2) is 8.20. The fraction of sp³-hybridized carbons (Fsp3) is 0.583. The summed E-state index contributed by atoms with van der Waals surface area (Å²) < 4.78 is 2.11. The van der Waals surface area contributed by atoms with Crippen molar-refractivity contribution in [2.75, 3.05) is 13.1 Å². The fourth-order valence-corrected chi connectivity index (χ4v) is 5.08. The van der Waals surface area contributed by atoms with Crippen LogP contribution >= 0.6 is 0 Å². The van der Waals surface area contributed by atoms with Crippen LogP contribution in [0.3, 0.4) is 0 Å². The minimum absolute atomic E-state index is 0.310. The van der Waals surface area contributed by atoms with Gasteiger partial charge in [-0.15, -0.1) is 5.10 Å². The number of aryl methyl sites for hydroxylation is 2. The van der Waals surface area contributed by atoms with Crippen molar-refractivity contribution in [1.29, 1.82) is 0 Å². The summed E-state index contributed by atoms with van der Waals surface area (Å²) in [5, 5.41) is 8.92. The van der Waals surface area contributed by atoms with E-state index in [1.807, 2.05) is 6.20 Å². The lowest BCUT2D eigenvalue weighted by Crippen LogP contribution is -2.30. The minimum Gasteiger partial charge on any atom is -0.291 e. The van der Waals surface area contributed by atoms with Crippen molar-refractivity contribution in [1.82, 2.24) is 19.9 Å². The van der Waals surface area contributed by atoms with Crippen LogP contribution in [-0.2, 0) is 0 Å². The highest BCUT2D eigenvalue weighted by Gasteiger charge is 2.32. The van der Waals surface area contributed by atoms with E-state index in [1.54, 1.807) is 5.57 Å². The molecule has 0 saturated carbocycles. The van der Waals surface area contributed by atoms with Gasteiger partial charge < -0.3 is 0 Å². The van der Waals surface area contributed by atoms with Gasteiger partial charge in [-0.1, -0.05) is 48.9 Å². The Morgan fingerprint density at radius 2 is 1.79 bits per heavy atom. The molecule has 0 N–H and O–H groups in total. The normalized spacial score (nSPS) is 21.9. The van der Waals surface area contributed by atoms with E-state index in [0.29, 0.717) is 6.04 Å². The van der Waals surface area contributed by atoms with Crippen LogP contribution in [0.4, 0.5) is 0 Å². The molecular formula is C24H34N4. The van der Waals surface area contributed by atoms with Crippen LogP contribution in [0.15, 0.2) is 36.0 Å². The van der Waals surface area contributed by atoms with Gasteiger partial charge >= 0.3 is 0 Å². The summed E-state index contributed by atoms with van der Waals surface area (Å²) in [6.45, 7) is 11.4. The number of likely N-dealkylation sites (tertiary alicyclic amines) is 1. The highest BCUT2D eigenvalue weighted by molar-refractivity contribution is 5.47. The maximum absolute atomic E-state index is 4.55. The maximum Gasteiger partial charge on any atom is 0.0859 e. The van der Waals surface area contributed by atoms with Crippen LogP contribution in [0.5, 0.6) is 0 Å². The third kappa shape index (κ3) is 3.67. The van der Waals surface area contributed by atoms with Gasteiger partial charge in [-0.3, -0.25) is 4.90 Å². The molecule has 150 valence electrons. The number of para-hydroxylation sites is 1. The molecule has 1 saturated heterocycles. The van der Waals surface area contributed by atoms with Gasteiger partial charge in [0.15, 0.2) is 0 Å². The molecule has 1 fully saturated rings. The Morgan fingerprint density at radius 1 is 1.07 bits per heavy atom. The van der Waals surface area contributed by atoms with E-state index in [4.69, 9.17) is 0 Å². The molecule has 1 aliphatic carbocycles. The van der Waals surface area contributed by atoms with Crippen LogP contribution < -0.4 is 0 Å². The van der Waals surface area contributed by atoms with Gasteiger partial charge in [0.25, 0.3) is 0 Å². The van der Waals surface area contributed by atoms with Gasteiger partial charge in [0.2, 0.25) is 0 Å². The second-order valence-corrected chi connectivity index (χ2v) is 9.01. The highest BCUT2D eigenvalue weighted by Crippen LogP contribution is 2.40. The molecule has 0 radical (unpaired) electrons. The molecule has 4 heteroatoms. The smallest absolute Gasteiger partial charge is 0.0859 e. The Labute approximate surface area is 169 Å². The summed E-state index contributed by atoms with van der Waals surface area (Å²) in [4.78, 5) is 2.66. The standard InChI is InChI=1S/C24H34N4/c1-17(2)20-10-12-21(13-11-20)24(27-14-5-6-15-27)22-16-25-26-28(22)23-18(3)8-7-9-19(23)4/h7-9,12,16-17,20,24H,5-6,10-11,13-15H2,1-4H3. The Bertz CT molecular complexity index is 822. The van der Waals surface area contributed by atoms with E-state index in [-0.39, 0.29) is 0 Å². The molecule has 1 aliphatic heterocycles. The summed E-state index contributed by atoms with van der Waals surface area (Å²) >= 11 is 0. The van der Waals surface area contributed by atoms with Gasteiger partial charge in [0, 0.05) is 0 Å². The predicted octanol–water partition coefficient (Wildman–Crippen LogP) is 5.40. The molecule has 28 heavy (non-hydrogen) atoms. The Hall–Kier alpha value is -1.94. The Kier molecular flexibility index (Phi) is 5.68. The molecular weight excluding hydrogens is 344 g/mol. The third-order valence-electron chi connectivity index (χ3n) is 6.79. The van der Waals surface area contributed by atoms with Gasteiger partial charge in [-0.2, -0.15) is 0 Å². The molecule has 0 bridgehead atoms. The van der Waals surface area contributed by atoms with Crippen molar-refractivity contribution in [3.05, 3.63) is 52.9 Å². The lowest BCUT2D eigenvalue weighted by molar-refractivity contribution is 0.251. The zero-order chi connectivity index (χ0) is 19.7. The van der Waals surface area contributed by atoms with Crippen LogP contribution in [0.25, 0.3) is 5.69 Å². The quantitative estimate of drug-likeness (QED) is 0.653. The molecule has 2 aliphatic rings. The van der Waals surface area contributed by atoms with Crippen molar-refractivity contribution < 1.29 is 0 Å². The first-order valence-corrected chi connectivity index (χ1v) is 11.0. The van der Waals surface area contributed by atoms with Crippen LogP contribution in [0.1, 0.15) is 68.8 Å². The van der Waals surface area contributed by atoms with Crippen LogP contribution in [-0.4, -0.2) is 33.0 Å². The van der Waals surface area contributed by atoms with Gasteiger partial charge in [0.1, 0.15) is 0 Å². The number of hydrogen-bond donors (Lipinski definition) is 0. The predicted molar refractivity (Wildman–Crippen MR) is 115 cm³/mol. The number of rotatable bonds is 5. The van der Waals surface area contributed by atoms with E-state index in [2.05, 4.69) is 71.9 Å². The van der Waals surface area contributed by atoms with E-state index in [0.717, 1.165) is 11.8 Å². The number of aromatic nitrogens is 3. The van der Waals surface area contributed by atoms with E-state index in [1.165, 1.54) is 67.7 Å². The summed E-state index contributed by atoms with van der Waals surface area (Å²) in [5.41, 5.74) is 6.51. The first-order valence-electron chi connectivity index (χ1n) is 11.0. The Morgan fingerprint density at radius 3 is 2.39 bits per heavy atom. The molecule has 1 aromatic carbocycles. The summed E-state index contributed by atoms with van der Waals surface area (Å²) in [6, 6.07) is 6.78. The zero-order valence-corrected chi connectivity index (χ0v) is 17.9. The van der Waals surface area contributed by atoms with E-state index < -0.39 is 0 Å². The van der Waals surface area contributed by atoms with Crippen LogP contribution in [0, 0.1) is 25.7 Å². The molecule has 2 aromatic rings. The molecule has 0 spiro atoms. The molecule has 4 nitrogen and oxygen atoms in total. The first kappa shape index (κ1) is 19.4. The monoisotopic (exact) mass is 378 g/mol. The second-order valence-electron chi connectivity index (χ2n) is 9.01. The average Bonchev–Trinajstić information content (AvgIpc) is 3.36. The number of hydrogen-bond acceptors (Lipinski definition) is 3. The molecule has 2 atom stereocenters. The molecule has 2 unspecified atom stereocenters. The van der Waals surface area contributed by atoms with Gasteiger partial charge in [0.05, 0.1) is 23.6 Å². The zero-order valence-electron chi connectivity index (χ0n) is 17.9. The van der Waals surface area contributed by atoms with Crippen molar-refractivity contribution in [2.45, 2.75) is 65.8 Å². The van der Waals surface area contributed by atoms with E-state index in [9.17, 15) is 0 Å². The molecule has 1 aromatic heterocycles. The lowest BCUT2D eigenvalue weighted by Gasteiger charge is -2.34. The molecule has 4 rings (SSSR count). The average molecular weight is 379 g/mol. The Balaban J connectivity index is 1.75. The first-order chi connectivity index (χ1) is 13.6. The maximum atomic E-state index is 4.55. The fourth-order valence-electron chi connectivity index (χ4n) is 5.08. The summed E-state index contributed by atoms with van der Waals surface area (Å²) in [6.07, 6.45) is 10.8. The van der Waals surface area contributed by atoms with Crippen molar-refractivity contribution in [2.24, 2.45) is 11.8 Å². The van der Waals surface area contributed by atoms with Crippen molar-refractivity contribution in [3.8, 4) is 5.69 Å².